The zero-order valence-electron chi connectivity index (χ0n) is 13.0. The second-order valence-corrected chi connectivity index (χ2v) is 5.04. The fraction of sp³-hybridized carbons (Fsp3) is 0.667. The average molecular weight is 304 g/mol. The van der Waals surface area contributed by atoms with E-state index in [2.05, 4.69) is 17.3 Å². The van der Waals surface area contributed by atoms with E-state index in [1.54, 1.807) is 19.1 Å². The van der Waals surface area contributed by atoms with Gasteiger partial charge in [0.15, 0.2) is 0 Å². The van der Waals surface area contributed by atoms with Crippen LogP contribution in [-0.2, 0) is 19.0 Å². The van der Waals surface area contributed by atoms with Gasteiger partial charge in [0.2, 0.25) is 0 Å². The summed E-state index contributed by atoms with van der Waals surface area (Å²) in [5, 5.41) is 8.32. The molecule has 0 saturated heterocycles. The van der Waals surface area contributed by atoms with Crippen molar-refractivity contribution in [3.8, 4) is 0 Å². The van der Waals surface area contributed by atoms with Crippen LogP contribution in [0, 0.1) is 0 Å². The molecule has 7 heteroatoms. The van der Waals surface area contributed by atoms with Crippen LogP contribution >= 0.6 is 0 Å². The van der Waals surface area contributed by atoms with Crippen molar-refractivity contribution >= 4 is 10.1 Å². The first kappa shape index (κ1) is 24.3. The minimum atomic E-state index is -3.31. The van der Waals surface area contributed by atoms with Crippen LogP contribution in [0.2, 0.25) is 0 Å². The maximum Gasteiger partial charge on any atom is 1.00 e. The van der Waals surface area contributed by atoms with Gasteiger partial charge in [0, 0.05) is 6.61 Å². The van der Waals surface area contributed by atoms with Crippen molar-refractivity contribution in [2.24, 2.45) is 0 Å². The van der Waals surface area contributed by atoms with Gasteiger partial charge in [-0.3, -0.25) is 4.18 Å². The van der Waals surface area contributed by atoms with E-state index in [-0.39, 0.29) is 50.0 Å². The van der Waals surface area contributed by atoms with Crippen LogP contribution in [0.15, 0.2) is 25.3 Å². The molecule has 5 nitrogen and oxygen atoms in total. The van der Waals surface area contributed by atoms with Gasteiger partial charge in [0.1, 0.15) is 0 Å². The Labute approximate surface area is 140 Å². The molecule has 0 rings (SSSR count). The van der Waals surface area contributed by atoms with E-state index in [1.165, 1.54) is 0 Å². The molecule has 0 fully saturated rings. The minimum absolute atomic E-state index is 0. The number of rotatable bonds is 10. The third-order valence-corrected chi connectivity index (χ3v) is 2.92. The van der Waals surface area contributed by atoms with Gasteiger partial charge in [0.05, 0.1) is 25.6 Å². The van der Waals surface area contributed by atoms with Crippen molar-refractivity contribution in [2.45, 2.75) is 19.8 Å². The van der Waals surface area contributed by atoms with E-state index >= 15 is 0 Å². The summed E-state index contributed by atoms with van der Waals surface area (Å²) in [4.78, 5) is 0. The summed E-state index contributed by atoms with van der Waals surface area (Å²) in [6.07, 6.45) is 4.34. The molecule has 0 aromatic heterocycles. The second kappa shape index (κ2) is 18.3. The molecule has 1 N–H and O–H groups in total. The third-order valence-electron chi connectivity index (χ3n) is 1.49. The van der Waals surface area contributed by atoms with E-state index in [0.29, 0.717) is 26.1 Å². The van der Waals surface area contributed by atoms with Crippen molar-refractivity contribution in [3.05, 3.63) is 25.3 Å². The van der Waals surface area contributed by atoms with E-state index in [4.69, 9.17) is 9.84 Å². The fourth-order valence-corrected chi connectivity index (χ4v) is 1.78. The number of ether oxygens (including phenoxy) is 1. The second-order valence-electron chi connectivity index (χ2n) is 3.28. The number of aliphatic hydroxyl groups excluding tert-OH is 1. The smallest absolute Gasteiger partial charge is 1.00 e. The van der Waals surface area contributed by atoms with Crippen LogP contribution in [0.25, 0.3) is 0 Å². The molecule has 19 heavy (non-hydrogen) atoms. The fourth-order valence-electron chi connectivity index (χ4n) is 0.794. The van der Waals surface area contributed by atoms with Gasteiger partial charge in [-0.1, -0.05) is 19.1 Å². The SMILES string of the molecule is C=CCOCC=C.CCCS(=O)(=O)OCCCO.[H-].[Na+]. The summed E-state index contributed by atoms with van der Waals surface area (Å²) in [6, 6.07) is 0. The van der Waals surface area contributed by atoms with Gasteiger partial charge in [-0.2, -0.15) is 8.42 Å². The standard InChI is InChI=1S/C6H14O4S.C6H10O.Na.H/c1-2-6-11(8,9)10-5-3-4-7;1-3-5-7-6-4-2;;/h7H,2-6H2,1H3;3-4H,1-2,5-6H2;;/q;;+1;-1. The van der Waals surface area contributed by atoms with Crippen molar-refractivity contribution in [2.75, 3.05) is 32.2 Å². The zero-order chi connectivity index (χ0) is 14.3. The van der Waals surface area contributed by atoms with Crippen LogP contribution in [0.5, 0.6) is 0 Å². The first-order valence-corrected chi connectivity index (χ1v) is 7.39. The molecule has 0 spiro atoms. The monoisotopic (exact) mass is 304 g/mol. The van der Waals surface area contributed by atoms with Crippen LogP contribution in [-0.4, -0.2) is 45.7 Å². The van der Waals surface area contributed by atoms with Gasteiger partial charge >= 0.3 is 29.6 Å². The molecule has 0 aliphatic heterocycles. The minimum Gasteiger partial charge on any atom is -1.00 e. The molecule has 0 bridgehead atoms. The predicted octanol–water partition coefficient (Wildman–Crippen LogP) is -1.38. The third kappa shape index (κ3) is 23.8. The summed E-state index contributed by atoms with van der Waals surface area (Å²) in [6.45, 7) is 9.99. The Morgan fingerprint density at radius 2 is 1.79 bits per heavy atom. The summed E-state index contributed by atoms with van der Waals surface area (Å²) in [5.74, 6) is 0.0540. The Hall–Kier alpha value is 0.310. The van der Waals surface area contributed by atoms with Crippen molar-refractivity contribution in [3.63, 3.8) is 0 Å². The summed E-state index contributed by atoms with van der Waals surface area (Å²) in [5.41, 5.74) is 0. The molecule has 0 radical (unpaired) electrons. The summed E-state index contributed by atoms with van der Waals surface area (Å²) < 4.78 is 31.0. The van der Waals surface area contributed by atoms with Crippen LogP contribution in [0.3, 0.4) is 0 Å². The van der Waals surface area contributed by atoms with Crippen molar-refractivity contribution in [1.82, 2.24) is 0 Å². The molecule has 0 atom stereocenters. The summed E-state index contributed by atoms with van der Waals surface area (Å²) in [7, 11) is -3.31. The predicted molar refractivity (Wildman–Crippen MR) is 74.1 cm³/mol. The molecule has 0 aliphatic carbocycles. The van der Waals surface area contributed by atoms with E-state index in [0.717, 1.165) is 0 Å². The molecule has 110 valence electrons. The van der Waals surface area contributed by atoms with Gasteiger partial charge in [-0.05, 0) is 12.8 Å². The molecule has 0 aromatic rings. The normalized spacial score (nSPS) is 9.79. The van der Waals surface area contributed by atoms with Gasteiger partial charge in [-0.25, -0.2) is 0 Å². The molecule has 0 aliphatic rings. The Morgan fingerprint density at radius 1 is 1.26 bits per heavy atom. The first-order chi connectivity index (χ1) is 8.54. The first-order valence-electron chi connectivity index (χ1n) is 5.81. The Kier molecular flexibility index (Phi) is 23.5. The molecular weight excluding hydrogens is 279 g/mol. The quantitative estimate of drug-likeness (QED) is 0.233. The maximum absolute atomic E-state index is 10.8. The van der Waals surface area contributed by atoms with Crippen molar-refractivity contribution in [1.29, 1.82) is 0 Å². The molecule has 0 amide bonds. The molecule has 0 aromatic carbocycles. The number of aliphatic hydroxyl groups is 1. The number of hydrogen-bond acceptors (Lipinski definition) is 5. The Balaban J connectivity index is -0.000000126. The van der Waals surface area contributed by atoms with Crippen LogP contribution in [0.1, 0.15) is 21.2 Å². The molecular formula is C12H25NaO5S. The zero-order valence-corrected chi connectivity index (χ0v) is 14.8. The van der Waals surface area contributed by atoms with E-state index < -0.39 is 10.1 Å². The molecule has 0 saturated carbocycles. The van der Waals surface area contributed by atoms with Crippen LogP contribution < -0.4 is 29.6 Å². The molecule has 0 heterocycles. The topological polar surface area (TPSA) is 72.8 Å². The summed E-state index contributed by atoms with van der Waals surface area (Å²) >= 11 is 0. The van der Waals surface area contributed by atoms with E-state index in [9.17, 15) is 8.42 Å². The molecule has 0 unspecified atom stereocenters. The Bertz CT molecular complexity index is 288. The van der Waals surface area contributed by atoms with Crippen molar-refractivity contribution < 1.29 is 53.4 Å². The maximum atomic E-state index is 10.8. The number of hydrogen-bond donors (Lipinski definition) is 1. The van der Waals surface area contributed by atoms with E-state index in [1.807, 2.05) is 0 Å². The van der Waals surface area contributed by atoms with Gasteiger partial charge < -0.3 is 11.3 Å². The Morgan fingerprint density at radius 3 is 2.16 bits per heavy atom. The van der Waals surface area contributed by atoms with Crippen LogP contribution in [0.4, 0.5) is 0 Å². The largest absolute Gasteiger partial charge is 1.00 e. The van der Waals surface area contributed by atoms with Gasteiger partial charge in [-0.15, -0.1) is 13.2 Å². The average Bonchev–Trinajstić information content (AvgIpc) is 2.31. The van der Waals surface area contributed by atoms with Gasteiger partial charge in [0.25, 0.3) is 10.1 Å².